The van der Waals surface area contributed by atoms with Crippen molar-refractivity contribution in [3.8, 4) is 0 Å². The van der Waals surface area contributed by atoms with Gasteiger partial charge in [0.2, 0.25) is 0 Å². The molecule has 0 aromatic heterocycles. The summed E-state index contributed by atoms with van der Waals surface area (Å²) in [4.78, 5) is 23.0. The van der Waals surface area contributed by atoms with Crippen molar-refractivity contribution in [1.29, 1.82) is 0 Å². The van der Waals surface area contributed by atoms with Gasteiger partial charge in [-0.1, -0.05) is 0 Å². The maximum atomic E-state index is 13.4. The van der Waals surface area contributed by atoms with Gasteiger partial charge in [-0.25, -0.2) is 9.59 Å². The summed E-state index contributed by atoms with van der Waals surface area (Å²) in [7, 11) is 0. The first-order valence-electron chi connectivity index (χ1n) is 7.45. The number of carboxylic acid groups (broad SMARTS) is 2. The molecule has 0 aliphatic rings. The van der Waals surface area contributed by atoms with E-state index in [9.17, 15) is 72.5 Å². The van der Waals surface area contributed by atoms with Crippen LogP contribution in [0.5, 0.6) is 0 Å². The molecular weight excluding hydrogens is 746 g/mol. The lowest BCUT2D eigenvalue weighted by Crippen LogP contribution is -2.57. The van der Waals surface area contributed by atoms with E-state index in [-0.39, 0.29) is 45.2 Å². The first kappa shape index (κ1) is 30.7. The number of aromatic carboxylic acids is 2. The summed E-state index contributed by atoms with van der Waals surface area (Å²) in [5.41, 5.74) is -23.6. The molecule has 0 amide bonds. The van der Waals surface area contributed by atoms with E-state index >= 15 is 0 Å². The Morgan fingerprint density at radius 3 is 0.824 bits per heavy atom. The van der Waals surface area contributed by atoms with Crippen molar-refractivity contribution in [3.63, 3.8) is 0 Å². The predicted molar refractivity (Wildman–Crippen MR) is 97.8 cm³/mol. The summed E-state index contributed by atoms with van der Waals surface area (Å²) in [5.74, 6) is -6.04. The van der Waals surface area contributed by atoms with Gasteiger partial charge in [-0.15, -0.1) is 0 Å². The average Bonchev–Trinajstić information content (AvgIpc) is 2.56. The summed E-state index contributed by atoms with van der Waals surface area (Å²) in [6.45, 7) is 0. The molecule has 4 N–H and O–H groups in total. The van der Waals surface area contributed by atoms with Crippen molar-refractivity contribution in [3.05, 3.63) is 29.4 Å². The molecule has 0 aliphatic heterocycles. The van der Waals surface area contributed by atoms with E-state index in [1.54, 1.807) is 0 Å². The van der Waals surface area contributed by atoms with Crippen molar-refractivity contribution in [2.75, 3.05) is 0 Å². The molecule has 34 heavy (non-hydrogen) atoms. The predicted octanol–water partition coefficient (Wildman–Crippen LogP) is 4.92. The van der Waals surface area contributed by atoms with Gasteiger partial charge in [0.1, 0.15) is 0 Å². The second kappa shape index (κ2) is 8.67. The smallest absolute Gasteiger partial charge is 0.430 e. The second-order valence-electron chi connectivity index (χ2n) is 6.15. The number of hydrogen-bond acceptors (Lipinski definition) is 4. The molecular formula is C14H4F12I2O6. The lowest BCUT2D eigenvalue weighted by atomic mass is 9.80. The minimum absolute atomic E-state index is 0.106. The first-order valence-corrected chi connectivity index (χ1v) is 9.61. The Morgan fingerprint density at radius 1 is 0.529 bits per heavy atom. The zero-order valence-electron chi connectivity index (χ0n) is 14.9. The van der Waals surface area contributed by atoms with Gasteiger partial charge in [-0.3, -0.25) is 0 Å². The molecule has 1 aromatic rings. The molecule has 0 bridgehead atoms. The largest absolute Gasteiger partial charge is 0.478 e. The molecule has 0 aliphatic carbocycles. The fraction of sp³-hybridized carbons (Fsp3) is 0.429. The minimum Gasteiger partial charge on any atom is -0.478 e. The van der Waals surface area contributed by atoms with E-state index in [1.165, 1.54) is 0 Å². The number of benzene rings is 1. The molecule has 0 radical (unpaired) electrons. The van der Waals surface area contributed by atoms with E-state index < -0.39 is 77.2 Å². The topological polar surface area (TPSA) is 115 Å². The van der Waals surface area contributed by atoms with Crippen LogP contribution < -0.4 is 0 Å². The lowest BCUT2D eigenvalue weighted by Gasteiger charge is -2.38. The SMILES string of the molecule is O=C(O)c1c(I)c(C(O)(C(F)(F)F)C(F)(F)F)c(C(=O)O)c(I)c1C(O)(C(F)(F)F)C(F)(F)F. The fourth-order valence-electron chi connectivity index (χ4n) is 2.66. The molecule has 20 heteroatoms. The van der Waals surface area contributed by atoms with Gasteiger partial charge < -0.3 is 20.4 Å². The zero-order chi connectivity index (χ0) is 27.6. The van der Waals surface area contributed by atoms with Crippen molar-refractivity contribution in [2.24, 2.45) is 0 Å². The number of halogens is 14. The number of rotatable bonds is 4. The highest BCUT2D eigenvalue weighted by atomic mass is 127. The zero-order valence-corrected chi connectivity index (χ0v) is 19.2. The molecule has 0 spiro atoms. The quantitative estimate of drug-likeness (QED) is 0.257. The van der Waals surface area contributed by atoms with Crippen LogP contribution in [-0.4, -0.2) is 57.1 Å². The van der Waals surface area contributed by atoms with Gasteiger partial charge in [-0.05, 0) is 45.2 Å². The van der Waals surface area contributed by atoms with Crippen LogP contribution in [0.1, 0.15) is 31.8 Å². The lowest BCUT2D eigenvalue weighted by molar-refractivity contribution is -0.378. The Bertz CT molecular complexity index is 915. The van der Waals surface area contributed by atoms with Gasteiger partial charge in [0.05, 0.1) is 11.1 Å². The van der Waals surface area contributed by atoms with Gasteiger partial charge in [0.25, 0.3) is 11.2 Å². The molecule has 0 saturated heterocycles. The van der Waals surface area contributed by atoms with Gasteiger partial charge in [0, 0.05) is 18.3 Å². The Labute approximate surface area is 204 Å². The average molecular weight is 750 g/mol. The van der Waals surface area contributed by atoms with Crippen LogP contribution in [0.25, 0.3) is 0 Å². The monoisotopic (exact) mass is 750 g/mol. The molecule has 6 nitrogen and oxygen atoms in total. The Morgan fingerprint density at radius 2 is 0.706 bits per heavy atom. The highest BCUT2D eigenvalue weighted by Crippen LogP contribution is 2.57. The minimum atomic E-state index is -6.92. The number of carboxylic acids is 2. The second-order valence-corrected chi connectivity index (χ2v) is 8.31. The van der Waals surface area contributed by atoms with E-state index in [2.05, 4.69) is 0 Å². The van der Waals surface area contributed by atoms with E-state index in [4.69, 9.17) is 10.2 Å². The maximum absolute atomic E-state index is 13.4. The molecule has 0 fully saturated rings. The molecule has 0 saturated carbocycles. The third-order valence-electron chi connectivity index (χ3n) is 4.17. The van der Waals surface area contributed by atoms with E-state index in [1.807, 2.05) is 0 Å². The molecule has 0 unspecified atom stereocenters. The van der Waals surface area contributed by atoms with Crippen molar-refractivity contribution >= 4 is 57.1 Å². The van der Waals surface area contributed by atoms with Crippen molar-refractivity contribution in [2.45, 2.75) is 35.9 Å². The van der Waals surface area contributed by atoms with E-state index in [0.29, 0.717) is 0 Å². The number of hydrogen-bond donors (Lipinski definition) is 4. The summed E-state index contributed by atoms with van der Waals surface area (Å²) < 4.78 is 156. The summed E-state index contributed by atoms with van der Waals surface area (Å²) in [6, 6.07) is 0. The number of carbonyl (C=O) groups is 2. The standard InChI is InChI=1S/C14H4F12I2O6/c15-11(16,17)9(33,12(18,19)20)3-1(7(29)30)5(27)4(2(6(3)28)8(31)32)10(34,13(21,22)23)14(24,25)26/h33-34H,(H,29,30)(H,31,32). The van der Waals surface area contributed by atoms with Crippen LogP contribution in [0, 0.1) is 7.14 Å². The molecule has 1 rings (SSSR count). The van der Waals surface area contributed by atoms with Crippen LogP contribution in [0.3, 0.4) is 0 Å². The van der Waals surface area contributed by atoms with Gasteiger partial charge in [0.15, 0.2) is 0 Å². The summed E-state index contributed by atoms with van der Waals surface area (Å²) in [5, 5.41) is 37.5. The molecule has 0 heterocycles. The molecule has 0 atom stereocenters. The van der Waals surface area contributed by atoms with Crippen LogP contribution in [0.2, 0.25) is 0 Å². The van der Waals surface area contributed by atoms with E-state index in [0.717, 1.165) is 0 Å². The summed E-state index contributed by atoms with van der Waals surface area (Å²) in [6.07, 6.45) is -27.7. The van der Waals surface area contributed by atoms with Crippen LogP contribution in [0.15, 0.2) is 0 Å². The van der Waals surface area contributed by atoms with Crippen LogP contribution in [-0.2, 0) is 11.2 Å². The molecule has 1 aromatic carbocycles. The highest BCUT2D eigenvalue weighted by Gasteiger charge is 2.76. The van der Waals surface area contributed by atoms with Crippen LogP contribution >= 0.6 is 45.2 Å². The third-order valence-corrected chi connectivity index (χ3v) is 6.33. The van der Waals surface area contributed by atoms with Crippen LogP contribution in [0.4, 0.5) is 52.7 Å². The highest BCUT2D eigenvalue weighted by molar-refractivity contribution is 14.1. The summed E-state index contributed by atoms with van der Waals surface area (Å²) >= 11 is 0.211. The fourth-order valence-corrected chi connectivity index (χ4v) is 4.98. The normalized spacial score (nSPS) is 14.4. The van der Waals surface area contributed by atoms with Crippen molar-refractivity contribution in [1.82, 2.24) is 0 Å². The Kier molecular flexibility index (Phi) is 7.84. The van der Waals surface area contributed by atoms with Crippen molar-refractivity contribution < 1.29 is 82.7 Å². The number of alkyl halides is 12. The van der Waals surface area contributed by atoms with Gasteiger partial charge >= 0.3 is 36.6 Å². The maximum Gasteiger partial charge on any atom is 0.430 e. The first-order chi connectivity index (χ1) is 14.7. The Hall–Kier alpha value is -1.30. The van der Waals surface area contributed by atoms with Gasteiger partial charge in [-0.2, -0.15) is 52.7 Å². The number of aliphatic hydroxyl groups is 2. The molecule has 194 valence electrons. The third kappa shape index (κ3) is 4.37. The Balaban J connectivity index is 4.73.